The summed E-state index contributed by atoms with van der Waals surface area (Å²) in [7, 11) is 1.65. The number of carbonyl (C=O) groups is 1. The number of nitrogens with one attached hydrogen (secondary N) is 1. The van der Waals surface area contributed by atoms with Crippen molar-refractivity contribution in [3.63, 3.8) is 0 Å². The Balaban J connectivity index is 1.72. The number of halogens is 1. The SMILES string of the molecule is COCCCNC(=O)c1cc(-c2csc(-c3ccccc3Cl)n2)n(-c2ccco2)c1C. The van der Waals surface area contributed by atoms with Crippen LogP contribution in [0.15, 0.2) is 58.5 Å². The van der Waals surface area contributed by atoms with Gasteiger partial charge in [-0.15, -0.1) is 11.3 Å². The van der Waals surface area contributed by atoms with E-state index < -0.39 is 0 Å². The van der Waals surface area contributed by atoms with E-state index in [-0.39, 0.29) is 5.91 Å². The smallest absolute Gasteiger partial charge is 0.253 e. The molecule has 160 valence electrons. The van der Waals surface area contributed by atoms with Crippen molar-refractivity contribution in [3.05, 3.63) is 70.4 Å². The van der Waals surface area contributed by atoms with Crippen molar-refractivity contribution in [2.75, 3.05) is 20.3 Å². The molecule has 4 rings (SSSR count). The summed E-state index contributed by atoms with van der Waals surface area (Å²) in [5.74, 6) is 0.486. The minimum absolute atomic E-state index is 0.137. The summed E-state index contributed by atoms with van der Waals surface area (Å²) in [6.07, 6.45) is 2.36. The van der Waals surface area contributed by atoms with Crippen molar-refractivity contribution in [2.24, 2.45) is 0 Å². The number of nitrogens with zero attached hydrogens (tertiary/aromatic N) is 2. The zero-order chi connectivity index (χ0) is 21.8. The van der Waals surface area contributed by atoms with Crippen molar-refractivity contribution in [2.45, 2.75) is 13.3 Å². The summed E-state index contributed by atoms with van der Waals surface area (Å²) in [5.41, 5.74) is 3.77. The molecule has 0 aliphatic carbocycles. The van der Waals surface area contributed by atoms with Gasteiger partial charge in [-0.3, -0.25) is 9.36 Å². The molecule has 0 saturated heterocycles. The third kappa shape index (κ3) is 4.44. The molecule has 1 amide bonds. The second-order valence-corrected chi connectivity index (χ2v) is 8.20. The van der Waals surface area contributed by atoms with Gasteiger partial charge in [-0.1, -0.05) is 29.8 Å². The maximum atomic E-state index is 12.8. The second kappa shape index (κ2) is 9.51. The number of methoxy groups -OCH3 is 1. The topological polar surface area (TPSA) is 69.3 Å². The lowest BCUT2D eigenvalue weighted by Gasteiger charge is -2.08. The monoisotopic (exact) mass is 455 g/mol. The maximum absolute atomic E-state index is 12.8. The number of furan rings is 1. The standard InChI is InChI=1S/C23H22ClN3O3S/c1-15-17(22(28)25-10-6-11-29-2)13-20(27(15)21-9-5-12-30-21)19-14-31-23(26-19)16-7-3-4-8-18(16)24/h3-5,7-9,12-14H,6,10-11H2,1-2H3,(H,25,28). The van der Waals surface area contributed by atoms with Crippen LogP contribution in [-0.4, -0.2) is 35.7 Å². The summed E-state index contributed by atoms with van der Waals surface area (Å²) in [4.78, 5) is 17.6. The van der Waals surface area contributed by atoms with Crippen molar-refractivity contribution < 1.29 is 13.9 Å². The van der Waals surface area contributed by atoms with Crippen molar-refractivity contribution >= 4 is 28.8 Å². The zero-order valence-electron chi connectivity index (χ0n) is 17.2. The first-order valence-corrected chi connectivity index (χ1v) is 11.1. The summed E-state index contributed by atoms with van der Waals surface area (Å²) in [6, 6.07) is 13.2. The molecule has 0 spiro atoms. The minimum Gasteiger partial charge on any atom is -0.448 e. The number of aromatic nitrogens is 2. The summed E-state index contributed by atoms with van der Waals surface area (Å²) in [6.45, 7) is 3.04. The van der Waals surface area contributed by atoms with Crippen LogP contribution >= 0.6 is 22.9 Å². The second-order valence-electron chi connectivity index (χ2n) is 6.94. The molecule has 0 atom stereocenters. The number of benzene rings is 1. The van der Waals surface area contributed by atoms with Crippen molar-refractivity contribution in [1.29, 1.82) is 0 Å². The zero-order valence-corrected chi connectivity index (χ0v) is 18.8. The van der Waals surface area contributed by atoms with Gasteiger partial charge >= 0.3 is 0 Å². The average Bonchev–Trinajstić information content (AvgIpc) is 3.51. The van der Waals surface area contributed by atoms with E-state index in [2.05, 4.69) is 5.32 Å². The molecule has 31 heavy (non-hydrogen) atoms. The van der Waals surface area contributed by atoms with Gasteiger partial charge in [-0.05, 0) is 31.5 Å². The fourth-order valence-electron chi connectivity index (χ4n) is 3.37. The van der Waals surface area contributed by atoms with Crippen LogP contribution < -0.4 is 5.32 Å². The first-order chi connectivity index (χ1) is 15.1. The van der Waals surface area contributed by atoms with Crippen LogP contribution in [0.4, 0.5) is 0 Å². The molecule has 0 unspecified atom stereocenters. The van der Waals surface area contributed by atoms with Gasteiger partial charge in [0.25, 0.3) is 5.91 Å². The van der Waals surface area contributed by atoms with Gasteiger partial charge in [0.05, 0.1) is 28.2 Å². The van der Waals surface area contributed by atoms with E-state index in [4.69, 9.17) is 25.7 Å². The van der Waals surface area contributed by atoms with Gasteiger partial charge in [0.2, 0.25) is 5.88 Å². The third-order valence-corrected chi connectivity index (χ3v) is 6.11. The molecule has 0 radical (unpaired) electrons. The fraction of sp³-hybridized carbons (Fsp3) is 0.217. The minimum atomic E-state index is -0.137. The van der Waals surface area contributed by atoms with Crippen LogP contribution in [0.25, 0.3) is 27.8 Å². The Bertz CT molecular complexity index is 1180. The lowest BCUT2D eigenvalue weighted by atomic mass is 10.2. The Morgan fingerprint density at radius 3 is 2.87 bits per heavy atom. The third-order valence-electron chi connectivity index (χ3n) is 4.90. The summed E-state index contributed by atoms with van der Waals surface area (Å²) < 4.78 is 12.6. The van der Waals surface area contributed by atoms with Gasteiger partial charge in [0.1, 0.15) is 5.01 Å². The van der Waals surface area contributed by atoms with E-state index in [0.717, 1.165) is 34.1 Å². The summed E-state index contributed by atoms with van der Waals surface area (Å²) >= 11 is 7.86. The Morgan fingerprint density at radius 1 is 1.29 bits per heavy atom. The number of thiazole rings is 1. The molecule has 3 heterocycles. The Labute approximate surface area is 189 Å². The molecule has 0 aliphatic rings. The van der Waals surface area contributed by atoms with Crippen LogP contribution in [0.2, 0.25) is 5.02 Å². The Hall–Kier alpha value is -2.87. The van der Waals surface area contributed by atoms with Crippen LogP contribution in [0.1, 0.15) is 22.5 Å². The van der Waals surface area contributed by atoms with E-state index in [1.165, 1.54) is 11.3 Å². The lowest BCUT2D eigenvalue weighted by Crippen LogP contribution is -2.25. The largest absolute Gasteiger partial charge is 0.448 e. The van der Waals surface area contributed by atoms with E-state index in [9.17, 15) is 4.79 Å². The van der Waals surface area contributed by atoms with Crippen LogP contribution in [0, 0.1) is 6.92 Å². The number of hydrogen-bond donors (Lipinski definition) is 1. The molecule has 0 fully saturated rings. The fourth-order valence-corrected chi connectivity index (χ4v) is 4.50. The van der Waals surface area contributed by atoms with E-state index in [0.29, 0.717) is 29.6 Å². The highest BCUT2D eigenvalue weighted by Gasteiger charge is 2.22. The predicted octanol–water partition coefficient (Wildman–Crippen LogP) is 5.59. The van der Waals surface area contributed by atoms with Crippen LogP contribution in [0.3, 0.4) is 0 Å². The number of carbonyl (C=O) groups excluding carboxylic acids is 1. The Morgan fingerprint density at radius 2 is 2.13 bits per heavy atom. The van der Waals surface area contributed by atoms with E-state index in [1.54, 1.807) is 13.4 Å². The molecule has 4 aromatic rings. The van der Waals surface area contributed by atoms with Gasteiger partial charge in [0.15, 0.2) is 0 Å². The molecule has 0 saturated carbocycles. The predicted molar refractivity (Wildman–Crippen MR) is 123 cm³/mol. The number of amides is 1. The average molecular weight is 456 g/mol. The molecule has 1 N–H and O–H groups in total. The number of rotatable bonds is 8. The first-order valence-electron chi connectivity index (χ1n) is 9.84. The van der Waals surface area contributed by atoms with Crippen LogP contribution in [-0.2, 0) is 4.74 Å². The van der Waals surface area contributed by atoms with Crippen molar-refractivity contribution in [1.82, 2.24) is 14.9 Å². The molecule has 0 aliphatic heterocycles. The van der Waals surface area contributed by atoms with Gasteiger partial charge in [0, 0.05) is 43.0 Å². The molecule has 0 bridgehead atoms. The first kappa shape index (κ1) is 21.4. The molecular formula is C23H22ClN3O3S. The van der Waals surface area contributed by atoms with Gasteiger partial charge in [-0.25, -0.2) is 4.98 Å². The quantitative estimate of drug-likeness (QED) is 0.352. The maximum Gasteiger partial charge on any atom is 0.253 e. The van der Waals surface area contributed by atoms with Gasteiger partial charge in [-0.2, -0.15) is 0 Å². The molecule has 3 aromatic heterocycles. The number of ether oxygens (including phenoxy) is 1. The highest BCUT2D eigenvalue weighted by molar-refractivity contribution is 7.13. The Kier molecular flexibility index (Phi) is 6.56. The van der Waals surface area contributed by atoms with Crippen molar-refractivity contribution in [3.8, 4) is 27.8 Å². The van der Waals surface area contributed by atoms with Crippen LogP contribution in [0.5, 0.6) is 0 Å². The normalized spacial score (nSPS) is 11.1. The summed E-state index contributed by atoms with van der Waals surface area (Å²) in [5, 5.41) is 6.38. The highest BCUT2D eigenvalue weighted by Crippen LogP contribution is 2.35. The molecule has 6 nitrogen and oxygen atoms in total. The lowest BCUT2D eigenvalue weighted by molar-refractivity contribution is 0.0948. The molecular weight excluding hydrogens is 434 g/mol. The molecule has 1 aromatic carbocycles. The van der Waals surface area contributed by atoms with E-state index in [1.807, 2.05) is 59.3 Å². The highest BCUT2D eigenvalue weighted by atomic mass is 35.5. The van der Waals surface area contributed by atoms with E-state index >= 15 is 0 Å². The molecule has 8 heteroatoms. The van der Waals surface area contributed by atoms with Gasteiger partial charge < -0.3 is 14.5 Å². The number of hydrogen-bond acceptors (Lipinski definition) is 5.